The topological polar surface area (TPSA) is 134 Å². The number of carbonyl (C=O) groups excluding carboxylic acids is 1. The first kappa shape index (κ1) is 35.4. The van der Waals surface area contributed by atoms with Gasteiger partial charge in [0.25, 0.3) is 5.69 Å². The van der Waals surface area contributed by atoms with Crippen molar-refractivity contribution in [3.05, 3.63) is 92.7 Å². The molecule has 1 amide bonds. The van der Waals surface area contributed by atoms with Gasteiger partial charge in [-0.05, 0) is 83.9 Å². The van der Waals surface area contributed by atoms with Gasteiger partial charge in [0, 0.05) is 51.4 Å². The van der Waals surface area contributed by atoms with Crippen LogP contribution in [0.15, 0.2) is 76.3 Å². The van der Waals surface area contributed by atoms with E-state index in [1.165, 1.54) is 16.4 Å². The first-order chi connectivity index (χ1) is 20.7. The summed E-state index contributed by atoms with van der Waals surface area (Å²) in [6, 6.07) is 16.3. The molecule has 4 rings (SSSR count). The summed E-state index contributed by atoms with van der Waals surface area (Å²) < 4.78 is 33.2. The van der Waals surface area contributed by atoms with Crippen molar-refractivity contribution < 1.29 is 28.0 Å². The highest BCUT2D eigenvalue weighted by Crippen LogP contribution is 2.27. The summed E-state index contributed by atoms with van der Waals surface area (Å²) in [6.07, 6.45) is 1.70. The van der Waals surface area contributed by atoms with Gasteiger partial charge in [-0.3, -0.25) is 10.1 Å². The van der Waals surface area contributed by atoms with E-state index in [1.54, 1.807) is 65.7 Å². The Balaban J connectivity index is 0.00000529. The molecular weight excluding hydrogens is 628 g/mol. The normalized spacial score (nSPS) is 15.0. The predicted octanol–water partition coefficient (Wildman–Crippen LogP) is 4.97. The first-order valence-corrected chi connectivity index (χ1v) is 16.6. The lowest BCUT2D eigenvalue weighted by atomic mass is 9.97. The minimum atomic E-state index is -3.60. The van der Waals surface area contributed by atoms with Crippen LogP contribution >= 0.6 is 23.7 Å². The van der Waals surface area contributed by atoms with E-state index in [1.807, 2.05) is 5.38 Å². The number of aliphatic hydroxyl groups is 1. The van der Waals surface area contributed by atoms with Crippen molar-refractivity contribution in [3.8, 4) is 0 Å². The number of hydrogen-bond acceptors (Lipinski definition) is 9. The van der Waals surface area contributed by atoms with Gasteiger partial charge in [0.05, 0.1) is 16.4 Å². The number of benzene rings is 2. The number of nitrogens with zero attached hydrogens (tertiary/aromatic N) is 4. The number of hydrogen-bond donors (Lipinski definition) is 1. The van der Waals surface area contributed by atoms with Crippen LogP contribution in [0.3, 0.4) is 0 Å². The molecule has 0 aliphatic carbocycles. The number of rotatable bonds is 14. The zero-order chi connectivity index (χ0) is 30.8. The van der Waals surface area contributed by atoms with Gasteiger partial charge in [-0.15, -0.1) is 12.4 Å². The van der Waals surface area contributed by atoms with E-state index in [0.29, 0.717) is 12.1 Å². The minimum Gasteiger partial charge on any atom is -0.445 e. The van der Waals surface area contributed by atoms with Gasteiger partial charge in [0.2, 0.25) is 10.0 Å². The maximum absolute atomic E-state index is 13.1. The van der Waals surface area contributed by atoms with E-state index in [-0.39, 0.29) is 54.7 Å². The summed E-state index contributed by atoms with van der Waals surface area (Å²) in [4.78, 5) is 27.5. The number of aliphatic hydroxyl groups excluding tert-OH is 1. The van der Waals surface area contributed by atoms with E-state index < -0.39 is 21.0 Å². The summed E-state index contributed by atoms with van der Waals surface area (Å²) >= 11 is 1.60. The highest BCUT2D eigenvalue weighted by molar-refractivity contribution is 7.89. The number of non-ortho nitro benzene ring substituents is 1. The Labute approximate surface area is 268 Å². The maximum atomic E-state index is 13.1. The number of carbonyl (C=O) groups is 1. The molecule has 44 heavy (non-hydrogen) atoms. The van der Waals surface area contributed by atoms with Crippen molar-refractivity contribution in [1.82, 2.24) is 14.1 Å². The fraction of sp³-hybridized carbons (Fsp3) is 0.433. The molecule has 3 aromatic rings. The smallest absolute Gasteiger partial charge is 0.410 e. The zero-order valence-corrected chi connectivity index (χ0v) is 27.0. The molecule has 0 saturated carbocycles. The lowest BCUT2D eigenvalue weighted by molar-refractivity contribution is -0.384. The third-order valence-corrected chi connectivity index (χ3v) is 10.4. The van der Waals surface area contributed by atoms with E-state index >= 15 is 0 Å². The summed E-state index contributed by atoms with van der Waals surface area (Å²) in [5, 5.41) is 24.5. The molecule has 1 saturated heterocycles. The highest BCUT2D eigenvalue weighted by atomic mass is 35.5. The monoisotopic (exact) mass is 666 g/mol. The molecule has 14 heteroatoms. The van der Waals surface area contributed by atoms with Crippen molar-refractivity contribution in [2.45, 2.75) is 42.7 Å². The number of likely N-dealkylation sites (N-methyl/N-ethyl adjacent to an activating group) is 1. The number of thiophene rings is 1. The van der Waals surface area contributed by atoms with Crippen molar-refractivity contribution in [1.29, 1.82) is 0 Å². The Morgan fingerprint density at radius 2 is 1.82 bits per heavy atom. The summed E-state index contributed by atoms with van der Waals surface area (Å²) in [7, 11) is -1.97. The molecule has 1 aliphatic rings. The molecule has 0 radical (unpaired) electrons. The number of amides is 1. The van der Waals surface area contributed by atoms with Crippen LogP contribution in [0.4, 0.5) is 10.5 Å². The highest BCUT2D eigenvalue weighted by Gasteiger charge is 2.30. The van der Waals surface area contributed by atoms with Crippen LogP contribution in [-0.2, 0) is 21.4 Å². The number of nitro groups is 1. The summed E-state index contributed by atoms with van der Waals surface area (Å²) in [5.41, 5.74) is 1.73. The number of nitro benzene ring substituents is 1. The van der Waals surface area contributed by atoms with Gasteiger partial charge >= 0.3 is 6.09 Å². The number of sulfonamides is 1. The number of piperidine rings is 1. The van der Waals surface area contributed by atoms with Crippen LogP contribution in [0.1, 0.15) is 36.3 Å². The average Bonchev–Trinajstić information content (AvgIpc) is 3.56. The summed E-state index contributed by atoms with van der Waals surface area (Å²) in [6.45, 7) is 2.64. The van der Waals surface area contributed by atoms with Crippen molar-refractivity contribution in [2.75, 3.05) is 46.4 Å². The fourth-order valence-electron chi connectivity index (χ4n) is 5.32. The molecule has 1 N–H and O–H groups in total. The molecule has 0 bridgehead atoms. The Morgan fingerprint density at radius 3 is 2.41 bits per heavy atom. The third kappa shape index (κ3) is 9.46. The number of likely N-dealkylation sites (tertiary alicyclic amines) is 1. The van der Waals surface area contributed by atoms with Crippen LogP contribution in [0.5, 0.6) is 0 Å². The second-order valence-electron chi connectivity index (χ2n) is 10.6. The van der Waals surface area contributed by atoms with E-state index in [2.05, 4.69) is 16.3 Å². The van der Waals surface area contributed by atoms with Crippen molar-refractivity contribution in [3.63, 3.8) is 0 Å². The second-order valence-corrected chi connectivity index (χ2v) is 13.4. The van der Waals surface area contributed by atoms with Crippen LogP contribution < -0.4 is 0 Å². The number of ether oxygens (including phenoxy) is 1. The quantitative estimate of drug-likeness (QED) is 0.188. The molecule has 0 unspecified atom stereocenters. The fourth-order valence-corrected chi connectivity index (χ4v) is 7.30. The largest absolute Gasteiger partial charge is 0.445 e. The van der Waals surface area contributed by atoms with Gasteiger partial charge < -0.3 is 19.6 Å². The summed E-state index contributed by atoms with van der Waals surface area (Å²) in [5.74, 6) is 0.0350. The van der Waals surface area contributed by atoms with Crippen LogP contribution in [0.2, 0.25) is 0 Å². The van der Waals surface area contributed by atoms with Gasteiger partial charge in [0.15, 0.2) is 0 Å². The Hall–Kier alpha value is -3.07. The van der Waals surface area contributed by atoms with Crippen molar-refractivity contribution in [2.24, 2.45) is 0 Å². The molecular formula is C30H39ClN4O7S2. The number of halogens is 1. The average molecular weight is 667 g/mol. The zero-order valence-electron chi connectivity index (χ0n) is 24.6. The molecule has 1 aliphatic heterocycles. The van der Waals surface area contributed by atoms with Crippen LogP contribution in [0.25, 0.3) is 0 Å². The molecule has 1 fully saturated rings. The molecule has 11 nitrogen and oxygen atoms in total. The molecule has 240 valence electrons. The van der Waals surface area contributed by atoms with E-state index in [0.717, 1.165) is 44.5 Å². The molecule has 2 aromatic carbocycles. The molecule has 2 heterocycles. The maximum Gasteiger partial charge on any atom is 0.410 e. The Kier molecular flexibility index (Phi) is 13.6. The minimum absolute atomic E-state index is 0. The molecule has 1 atom stereocenters. The Bertz CT molecular complexity index is 1420. The second kappa shape index (κ2) is 16.8. The predicted molar refractivity (Wildman–Crippen MR) is 172 cm³/mol. The van der Waals surface area contributed by atoms with Crippen molar-refractivity contribution >= 4 is 45.5 Å². The first-order valence-electron chi connectivity index (χ1n) is 14.2. The lowest BCUT2D eigenvalue weighted by Gasteiger charge is -2.38. The van der Waals surface area contributed by atoms with Gasteiger partial charge in [-0.2, -0.15) is 11.3 Å². The lowest BCUT2D eigenvalue weighted by Crippen LogP contribution is -2.48. The molecule has 1 aromatic heterocycles. The van der Waals surface area contributed by atoms with Crippen LogP contribution in [0, 0.1) is 10.1 Å². The van der Waals surface area contributed by atoms with Gasteiger partial charge in [-0.25, -0.2) is 17.5 Å². The standard InChI is InChI=1S/C30H38N4O7S2.ClH/c1-31(43(39,40)29-5-3-2-4-6-29)21-25(26-14-20-42-23-26)11-15-32-16-12-27(13-17-32)33(18-19-35)30(36)41-22-24-7-9-28(10-8-24)34(37)38;/h2-10,14,20,23,25,27,35H,11-13,15-19,21-22H2,1H3;1H/t25-;/m0./s1. The van der Waals surface area contributed by atoms with Gasteiger partial charge in [-0.1, -0.05) is 18.2 Å². The van der Waals surface area contributed by atoms with Gasteiger partial charge in [0.1, 0.15) is 6.61 Å². The SMILES string of the molecule is CN(C[C@H](CCN1CCC(N(CCO)C(=O)OCc2ccc([N+](=O)[O-])cc2)CC1)c1ccsc1)S(=O)(=O)c1ccccc1.Cl. The van der Waals surface area contributed by atoms with E-state index in [4.69, 9.17) is 4.74 Å². The Morgan fingerprint density at radius 1 is 1.14 bits per heavy atom. The van der Waals surface area contributed by atoms with E-state index in [9.17, 15) is 28.4 Å². The van der Waals surface area contributed by atoms with Crippen LogP contribution in [-0.4, -0.2) is 91.1 Å². The molecule has 0 spiro atoms. The third-order valence-electron chi connectivity index (χ3n) is 7.82.